The molecule has 0 amide bonds. The number of hydrogen-bond acceptors (Lipinski definition) is 7. The largest absolute Gasteiger partial charge is 0.481 e. The Kier molecular flexibility index (Phi) is 17.3. The molecule has 8 nitrogen and oxygen atoms in total. The normalized spacial score (nSPS) is 22.5. The summed E-state index contributed by atoms with van der Waals surface area (Å²) in [6.45, 7) is 2.22. The first-order valence-electron chi connectivity index (χ1n) is 13.0. The molecular weight excluding hydrogens is 428 g/mol. The predicted molar refractivity (Wildman–Crippen MR) is 125 cm³/mol. The lowest BCUT2D eigenvalue weighted by molar-refractivity contribution is -0.190. The number of carboxylic acids is 1. The molecule has 1 heterocycles. The van der Waals surface area contributed by atoms with E-state index >= 15 is 0 Å². The number of carbonyl (C=O) groups is 2. The summed E-state index contributed by atoms with van der Waals surface area (Å²) in [5.41, 5.74) is 0. The monoisotopic (exact) mass is 474 g/mol. The Labute approximate surface area is 199 Å². The first kappa shape index (κ1) is 29.8. The molecule has 1 saturated heterocycles. The van der Waals surface area contributed by atoms with E-state index in [0.29, 0.717) is 6.61 Å². The molecule has 194 valence electrons. The van der Waals surface area contributed by atoms with Gasteiger partial charge >= 0.3 is 11.9 Å². The van der Waals surface area contributed by atoms with Gasteiger partial charge in [-0.2, -0.15) is 0 Å². The van der Waals surface area contributed by atoms with Gasteiger partial charge in [-0.1, -0.05) is 90.4 Å². The molecule has 0 aromatic rings. The van der Waals surface area contributed by atoms with Gasteiger partial charge in [0.05, 0.1) is 19.4 Å². The molecule has 1 aliphatic heterocycles. The highest BCUT2D eigenvalue weighted by Crippen LogP contribution is 2.26. The molecule has 0 aliphatic carbocycles. The summed E-state index contributed by atoms with van der Waals surface area (Å²) in [7, 11) is 0. The maximum Gasteiger partial charge on any atom is 0.306 e. The number of ether oxygens (including phenoxy) is 3. The number of unbranched alkanes of at least 4 members (excludes halogenated alkanes) is 13. The minimum Gasteiger partial charge on any atom is -0.481 e. The second kappa shape index (κ2) is 19.1. The van der Waals surface area contributed by atoms with E-state index in [1.54, 1.807) is 0 Å². The van der Waals surface area contributed by atoms with Crippen molar-refractivity contribution in [3.63, 3.8) is 0 Å². The lowest BCUT2D eigenvalue weighted by atomic mass is 10.0. The Hall–Kier alpha value is -1.22. The maximum atomic E-state index is 11.8. The topological polar surface area (TPSA) is 123 Å². The van der Waals surface area contributed by atoms with Crippen molar-refractivity contribution in [1.29, 1.82) is 0 Å². The van der Waals surface area contributed by atoms with Gasteiger partial charge in [0.2, 0.25) is 0 Å². The zero-order chi connectivity index (χ0) is 24.3. The van der Waals surface area contributed by atoms with Crippen LogP contribution in [0.3, 0.4) is 0 Å². The Morgan fingerprint density at radius 3 is 1.82 bits per heavy atom. The van der Waals surface area contributed by atoms with Crippen LogP contribution in [0, 0.1) is 0 Å². The van der Waals surface area contributed by atoms with Crippen molar-refractivity contribution in [1.82, 2.24) is 0 Å². The summed E-state index contributed by atoms with van der Waals surface area (Å²) in [6.07, 6.45) is 12.8. The standard InChI is InChI=1S/C25H46O8/c1-2-3-4-5-6-7-8-9-10-11-12-13-14-15-18-31-25-24(23(30)20(19-26)32-25)33-22(29)17-16-21(27)28/h20,23-26,30H,2-19H2,1H3,(H,27,28)/t20-,23+,24-,25?/m1/s1. The number of aliphatic carboxylic acids is 1. The van der Waals surface area contributed by atoms with Crippen LogP contribution >= 0.6 is 0 Å². The highest BCUT2D eigenvalue weighted by atomic mass is 16.7. The number of carbonyl (C=O) groups excluding carboxylic acids is 1. The van der Waals surface area contributed by atoms with Gasteiger partial charge in [0.15, 0.2) is 12.4 Å². The third kappa shape index (κ3) is 13.9. The van der Waals surface area contributed by atoms with Crippen LogP contribution in [0.5, 0.6) is 0 Å². The molecule has 0 aromatic carbocycles. The van der Waals surface area contributed by atoms with E-state index in [9.17, 15) is 19.8 Å². The molecular formula is C25H46O8. The second-order valence-corrected chi connectivity index (χ2v) is 9.03. The van der Waals surface area contributed by atoms with Gasteiger partial charge in [0.1, 0.15) is 12.2 Å². The smallest absolute Gasteiger partial charge is 0.306 e. The van der Waals surface area contributed by atoms with E-state index in [0.717, 1.165) is 19.3 Å². The molecule has 33 heavy (non-hydrogen) atoms. The molecule has 1 unspecified atom stereocenters. The van der Waals surface area contributed by atoms with Gasteiger partial charge in [-0.05, 0) is 6.42 Å². The van der Waals surface area contributed by atoms with E-state index in [1.165, 1.54) is 70.6 Å². The lowest BCUT2D eigenvalue weighted by Gasteiger charge is -2.21. The van der Waals surface area contributed by atoms with E-state index in [1.807, 2.05) is 0 Å². The van der Waals surface area contributed by atoms with E-state index in [2.05, 4.69) is 6.92 Å². The van der Waals surface area contributed by atoms with Crippen molar-refractivity contribution in [2.75, 3.05) is 13.2 Å². The van der Waals surface area contributed by atoms with Gasteiger partial charge in [0, 0.05) is 6.61 Å². The van der Waals surface area contributed by atoms with Gasteiger partial charge in [-0.15, -0.1) is 0 Å². The third-order valence-corrected chi connectivity index (χ3v) is 6.07. The van der Waals surface area contributed by atoms with Gasteiger partial charge in [-0.3, -0.25) is 9.59 Å². The summed E-state index contributed by atoms with van der Waals surface area (Å²) < 4.78 is 16.3. The molecule has 0 radical (unpaired) electrons. The van der Waals surface area contributed by atoms with E-state index in [-0.39, 0.29) is 12.8 Å². The fourth-order valence-electron chi connectivity index (χ4n) is 4.03. The SMILES string of the molecule is CCCCCCCCCCCCCCCCOC1O[C@H](CO)[C@H](O)[C@H]1OC(=O)CCC(=O)O. The first-order chi connectivity index (χ1) is 16.0. The average Bonchev–Trinajstić information content (AvgIpc) is 3.09. The molecule has 1 rings (SSSR count). The number of aliphatic hydroxyl groups is 2. The number of carboxylic acid groups (broad SMARTS) is 1. The second-order valence-electron chi connectivity index (χ2n) is 9.03. The summed E-state index contributed by atoms with van der Waals surface area (Å²) >= 11 is 0. The summed E-state index contributed by atoms with van der Waals surface area (Å²) in [6, 6.07) is 0. The van der Waals surface area contributed by atoms with Crippen LogP contribution < -0.4 is 0 Å². The zero-order valence-corrected chi connectivity index (χ0v) is 20.4. The Bertz CT molecular complexity index is 513. The Morgan fingerprint density at radius 2 is 1.33 bits per heavy atom. The first-order valence-corrected chi connectivity index (χ1v) is 13.0. The maximum absolute atomic E-state index is 11.8. The van der Waals surface area contributed by atoms with Crippen molar-refractivity contribution in [2.24, 2.45) is 0 Å². The van der Waals surface area contributed by atoms with Crippen LogP contribution in [-0.2, 0) is 23.8 Å². The lowest BCUT2D eigenvalue weighted by Crippen LogP contribution is -2.39. The Balaban J connectivity index is 2.08. The van der Waals surface area contributed by atoms with Gasteiger partial charge in [-0.25, -0.2) is 0 Å². The summed E-state index contributed by atoms with van der Waals surface area (Å²) in [5, 5.41) is 28.2. The molecule has 0 saturated carbocycles. The van der Waals surface area contributed by atoms with Crippen LogP contribution in [0.15, 0.2) is 0 Å². The van der Waals surface area contributed by atoms with Crippen molar-refractivity contribution in [3.8, 4) is 0 Å². The number of rotatable bonds is 21. The highest BCUT2D eigenvalue weighted by molar-refractivity contribution is 5.76. The molecule has 0 spiro atoms. The van der Waals surface area contributed by atoms with Gasteiger partial charge in [0.25, 0.3) is 0 Å². The minimum absolute atomic E-state index is 0.298. The average molecular weight is 475 g/mol. The molecule has 8 heteroatoms. The molecule has 0 aromatic heterocycles. The molecule has 3 N–H and O–H groups in total. The fourth-order valence-corrected chi connectivity index (χ4v) is 4.03. The van der Waals surface area contributed by atoms with Crippen LogP contribution in [0.25, 0.3) is 0 Å². The van der Waals surface area contributed by atoms with Crippen LogP contribution in [0.1, 0.15) is 110 Å². The molecule has 1 aliphatic rings. The summed E-state index contributed by atoms with van der Waals surface area (Å²) in [5.74, 6) is -1.84. The number of aliphatic hydroxyl groups excluding tert-OH is 2. The highest BCUT2D eigenvalue weighted by Gasteiger charge is 2.46. The van der Waals surface area contributed by atoms with Crippen molar-refractivity contribution in [3.05, 3.63) is 0 Å². The molecule has 1 fully saturated rings. The minimum atomic E-state index is -1.22. The predicted octanol–water partition coefficient (Wildman–Crippen LogP) is 4.34. The molecule has 4 atom stereocenters. The third-order valence-electron chi connectivity index (χ3n) is 6.07. The number of hydrogen-bond donors (Lipinski definition) is 3. The van der Waals surface area contributed by atoms with Crippen molar-refractivity contribution < 1.29 is 39.1 Å². The van der Waals surface area contributed by atoms with Crippen molar-refractivity contribution in [2.45, 2.75) is 134 Å². The zero-order valence-electron chi connectivity index (χ0n) is 20.4. The van der Waals surface area contributed by atoms with Gasteiger partial charge < -0.3 is 29.5 Å². The quantitative estimate of drug-likeness (QED) is 0.166. The van der Waals surface area contributed by atoms with Crippen LogP contribution in [0.2, 0.25) is 0 Å². The molecule has 0 bridgehead atoms. The van der Waals surface area contributed by atoms with E-state index < -0.39 is 43.1 Å². The number of esters is 1. The fraction of sp³-hybridized carbons (Fsp3) is 0.920. The van der Waals surface area contributed by atoms with E-state index in [4.69, 9.17) is 19.3 Å². The van der Waals surface area contributed by atoms with Crippen LogP contribution in [-0.4, -0.2) is 65.1 Å². The van der Waals surface area contributed by atoms with Crippen molar-refractivity contribution >= 4 is 11.9 Å². The summed E-state index contributed by atoms with van der Waals surface area (Å²) in [4.78, 5) is 22.4. The Morgan fingerprint density at radius 1 is 0.818 bits per heavy atom. The van der Waals surface area contributed by atoms with Crippen LogP contribution in [0.4, 0.5) is 0 Å².